The minimum atomic E-state index is -0.928. The van der Waals surface area contributed by atoms with Crippen molar-refractivity contribution in [2.75, 3.05) is 11.9 Å². The number of benzene rings is 2. The van der Waals surface area contributed by atoms with E-state index < -0.39 is 23.4 Å². The maximum absolute atomic E-state index is 12.3. The van der Waals surface area contributed by atoms with Crippen LogP contribution in [-0.2, 0) is 22.4 Å². The van der Waals surface area contributed by atoms with Crippen LogP contribution in [0, 0.1) is 17.0 Å². The number of anilines is 1. The first-order valence-electron chi connectivity index (χ1n) is 8.81. The van der Waals surface area contributed by atoms with Crippen molar-refractivity contribution in [3.8, 4) is 0 Å². The number of esters is 1. The fourth-order valence-corrected chi connectivity index (χ4v) is 3.21. The van der Waals surface area contributed by atoms with Gasteiger partial charge in [0, 0.05) is 16.3 Å². The van der Waals surface area contributed by atoms with Crippen LogP contribution in [0.25, 0.3) is 0 Å². The second-order valence-corrected chi connectivity index (χ2v) is 6.53. The van der Waals surface area contributed by atoms with Crippen molar-refractivity contribution in [3.05, 3.63) is 67.7 Å². The first kappa shape index (κ1) is 21.4. The molecule has 0 aliphatic heterocycles. The molecule has 2 aromatic rings. The first-order chi connectivity index (χ1) is 13.3. The van der Waals surface area contributed by atoms with Gasteiger partial charge in [-0.25, -0.2) is 4.79 Å². The van der Waals surface area contributed by atoms with E-state index in [0.29, 0.717) is 29.1 Å². The fraction of sp³-hybridized carbons (Fsp3) is 0.300. The average Bonchev–Trinajstić information content (AvgIpc) is 2.66. The van der Waals surface area contributed by atoms with Gasteiger partial charge in [0.05, 0.1) is 4.92 Å². The smallest absolute Gasteiger partial charge is 0.345 e. The number of carbonyl (C=O) groups excluding carboxylic acids is 2. The molecule has 2 aromatic carbocycles. The number of nitrogens with zero attached hydrogens (tertiary/aromatic N) is 1. The minimum Gasteiger partial charge on any atom is -0.452 e. The van der Waals surface area contributed by atoms with Gasteiger partial charge in [0.2, 0.25) is 0 Å². The van der Waals surface area contributed by atoms with E-state index in [1.807, 2.05) is 19.9 Å². The summed E-state index contributed by atoms with van der Waals surface area (Å²) in [4.78, 5) is 35.1. The van der Waals surface area contributed by atoms with Crippen LogP contribution >= 0.6 is 11.6 Å². The zero-order chi connectivity index (χ0) is 20.8. The summed E-state index contributed by atoms with van der Waals surface area (Å²) in [5, 5.41) is 14.5. The molecule has 0 aliphatic carbocycles. The summed E-state index contributed by atoms with van der Waals surface area (Å²) in [5.41, 5.74) is 2.14. The molecular formula is C20H21ClN2O5. The number of amides is 1. The molecule has 0 radical (unpaired) electrons. The number of nitrogens with one attached hydrogen (secondary N) is 1. The lowest BCUT2D eigenvalue weighted by molar-refractivity contribution is -0.385. The Balaban J connectivity index is 2.14. The molecule has 0 saturated heterocycles. The molecule has 8 heteroatoms. The Labute approximate surface area is 167 Å². The quantitative estimate of drug-likeness (QED) is 0.416. The van der Waals surface area contributed by atoms with Crippen LogP contribution in [0.1, 0.15) is 40.9 Å². The Morgan fingerprint density at radius 3 is 2.50 bits per heavy atom. The van der Waals surface area contributed by atoms with Crippen molar-refractivity contribution in [2.24, 2.45) is 0 Å². The van der Waals surface area contributed by atoms with Crippen LogP contribution in [0.15, 0.2) is 30.3 Å². The molecule has 1 N–H and O–H groups in total. The van der Waals surface area contributed by atoms with E-state index in [1.54, 1.807) is 6.07 Å². The largest absolute Gasteiger partial charge is 0.452 e. The topological polar surface area (TPSA) is 98.5 Å². The highest BCUT2D eigenvalue weighted by molar-refractivity contribution is 6.32. The lowest BCUT2D eigenvalue weighted by Crippen LogP contribution is -2.22. The van der Waals surface area contributed by atoms with Gasteiger partial charge in [0.1, 0.15) is 5.56 Å². The number of hydrogen-bond acceptors (Lipinski definition) is 5. The summed E-state index contributed by atoms with van der Waals surface area (Å²) in [6, 6.07) is 7.96. The molecule has 7 nitrogen and oxygen atoms in total. The van der Waals surface area contributed by atoms with Crippen molar-refractivity contribution in [2.45, 2.75) is 33.6 Å². The maximum Gasteiger partial charge on any atom is 0.345 e. The Morgan fingerprint density at radius 1 is 1.18 bits per heavy atom. The summed E-state index contributed by atoms with van der Waals surface area (Å²) < 4.78 is 5.00. The molecule has 0 aliphatic rings. The minimum absolute atomic E-state index is 0.191. The van der Waals surface area contributed by atoms with Crippen LogP contribution in [0.4, 0.5) is 11.4 Å². The average molecular weight is 405 g/mol. The normalized spacial score (nSPS) is 10.4. The number of hydrogen-bond donors (Lipinski definition) is 1. The highest BCUT2D eigenvalue weighted by Crippen LogP contribution is 2.29. The molecule has 28 heavy (non-hydrogen) atoms. The third-order valence-corrected chi connectivity index (χ3v) is 4.67. The lowest BCUT2D eigenvalue weighted by atomic mass is 10.0. The Hall–Kier alpha value is -2.93. The molecule has 1 amide bonds. The van der Waals surface area contributed by atoms with Crippen LogP contribution in [-0.4, -0.2) is 23.4 Å². The highest BCUT2D eigenvalue weighted by atomic mass is 35.5. The molecule has 0 atom stereocenters. The predicted octanol–water partition coefficient (Wildman–Crippen LogP) is 4.48. The van der Waals surface area contributed by atoms with Gasteiger partial charge in [0.15, 0.2) is 6.61 Å². The highest BCUT2D eigenvalue weighted by Gasteiger charge is 2.24. The van der Waals surface area contributed by atoms with Crippen molar-refractivity contribution >= 4 is 34.9 Å². The van der Waals surface area contributed by atoms with Crippen molar-refractivity contribution in [3.63, 3.8) is 0 Å². The lowest BCUT2D eigenvalue weighted by Gasteiger charge is -2.16. The number of nitro groups is 1. The molecule has 0 spiro atoms. The molecule has 0 unspecified atom stereocenters. The summed E-state index contributed by atoms with van der Waals surface area (Å²) in [7, 11) is 0. The summed E-state index contributed by atoms with van der Waals surface area (Å²) in [6.45, 7) is 4.84. The van der Waals surface area contributed by atoms with Gasteiger partial charge in [-0.3, -0.25) is 14.9 Å². The molecule has 0 aromatic heterocycles. The van der Waals surface area contributed by atoms with E-state index in [0.717, 1.165) is 11.1 Å². The molecule has 148 valence electrons. The summed E-state index contributed by atoms with van der Waals surface area (Å²) in [5.74, 6) is -1.47. The number of para-hydroxylation sites is 1. The molecule has 2 rings (SSSR count). The van der Waals surface area contributed by atoms with E-state index in [9.17, 15) is 19.7 Å². The van der Waals surface area contributed by atoms with E-state index >= 15 is 0 Å². The SMILES string of the molecule is CCc1ccc(Cl)c(CC)c1NC(=O)COC(=O)c1cccc(C)c1[N+](=O)[O-]. The third kappa shape index (κ3) is 4.67. The summed E-state index contributed by atoms with van der Waals surface area (Å²) >= 11 is 6.21. The van der Waals surface area contributed by atoms with E-state index in [1.165, 1.54) is 25.1 Å². The van der Waals surface area contributed by atoms with E-state index in [-0.39, 0.29) is 11.3 Å². The predicted molar refractivity (Wildman–Crippen MR) is 107 cm³/mol. The van der Waals surface area contributed by atoms with Crippen LogP contribution < -0.4 is 5.32 Å². The molecule has 0 fully saturated rings. The number of rotatable bonds is 7. The van der Waals surface area contributed by atoms with Crippen molar-refractivity contribution in [1.82, 2.24) is 0 Å². The van der Waals surface area contributed by atoms with Gasteiger partial charge in [-0.15, -0.1) is 0 Å². The second-order valence-electron chi connectivity index (χ2n) is 6.12. The number of aryl methyl sites for hydroxylation is 2. The fourth-order valence-electron chi connectivity index (χ4n) is 2.92. The third-order valence-electron chi connectivity index (χ3n) is 4.32. The van der Waals surface area contributed by atoms with Gasteiger partial charge in [-0.2, -0.15) is 0 Å². The van der Waals surface area contributed by atoms with Gasteiger partial charge in [-0.05, 0) is 43.0 Å². The second kappa shape index (κ2) is 9.32. The number of ether oxygens (including phenoxy) is 1. The molecular weight excluding hydrogens is 384 g/mol. The standard InChI is InChI=1S/C20H21ClN2O5/c1-4-13-9-10-16(21)14(5-2)18(13)22-17(24)11-28-20(25)15-8-6-7-12(3)19(15)23(26)27/h6-10H,4-5,11H2,1-3H3,(H,22,24). The Morgan fingerprint density at radius 2 is 1.89 bits per heavy atom. The van der Waals surface area contributed by atoms with Gasteiger partial charge >= 0.3 is 5.97 Å². The molecule has 0 heterocycles. The van der Waals surface area contributed by atoms with Crippen LogP contribution in [0.5, 0.6) is 0 Å². The van der Waals surface area contributed by atoms with Crippen LogP contribution in [0.3, 0.4) is 0 Å². The monoisotopic (exact) mass is 404 g/mol. The molecule has 0 bridgehead atoms. The van der Waals surface area contributed by atoms with Gasteiger partial charge < -0.3 is 10.1 Å². The van der Waals surface area contributed by atoms with E-state index in [4.69, 9.17) is 16.3 Å². The van der Waals surface area contributed by atoms with Crippen molar-refractivity contribution in [1.29, 1.82) is 0 Å². The van der Waals surface area contributed by atoms with Gasteiger partial charge in [0.25, 0.3) is 11.6 Å². The number of nitro benzene ring substituents is 1. The van der Waals surface area contributed by atoms with E-state index in [2.05, 4.69) is 5.32 Å². The first-order valence-corrected chi connectivity index (χ1v) is 9.19. The van der Waals surface area contributed by atoms with Crippen molar-refractivity contribution < 1.29 is 19.2 Å². The number of halogens is 1. The van der Waals surface area contributed by atoms with Gasteiger partial charge in [-0.1, -0.05) is 43.6 Å². The zero-order valence-electron chi connectivity index (χ0n) is 15.9. The Kier molecular flexibility index (Phi) is 7.12. The van der Waals surface area contributed by atoms with Crippen LogP contribution in [0.2, 0.25) is 5.02 Å². The maximum atomic E-state index is 12.3. The molecule has 0 saturated carbocycles. The summed E-state index contributed by atoms with van der Waals surface area (Å²) in [6.07, 6.45) is 1.31. The zero-order valence-corrected chi connectivity index (χ0v) is 16.6. The Bertz CT molecular complexity index is 927. The number of carbonyl (C=O) groups is 2.